The highest BCUT2D eigenvalue weighted by Crippen LogP contribution is 2.58. The van der Waals surface area contributed by atoms with E-state index < -0.39 is 0 Å². The Labute approximate surface area is 328 Å². The minimum atomic E-state index is 0.429. The van der Waals surface area contributed by atoms with Crippen LogP contribution in [0.15, 0.2) is 36.4 Å². The highest BCUT2D eigenvalue weighted by Gasteiger charge is 2.55. The minimum Gasteiger partial charge on any atom is -0.494 e. The maximum atomic E-state index is 6.45. The van der Waals surface area contributed by atoms with Gasteiger partial charge in [0.05, 0.1) is 13.2 Å². The zero-order valence-corrected chi connectivity index (χ0v) is 33.9. The van der Waals surface area contributed by atoms with Gasteiger partial charge in [0.2, 0.25) is 0 Å². The molecule has 0 amide bonds. The lowest BCUT2D eigenvalue weighted by atomic mass is 9.52. The van der Waals surface area contributed by atoms with Gasteiger partial charge >= 0.3 is 0 Å². The Balaban J connectivity index is 0.627. The number of rotatable bonds is 17. The van der Waals surface area contributed by atoms with E-state index in [2.05, 4.69) is 46.2 Å². The van der Waals surface area contributed by atoms with E-state index in [1.807, 2.05) is 0 Å². The van der Waals surface area contributed by atoms with E-state index in [1.54, 1.807) is 22.3 Å². The van der Waals surface area contributed by atoms with E-state index in [0.29, 0.717) is 10.8 Å². The van der Waals surface area contributed by atoms with Crippen molar-refractivity contribution in [2.75, 3.05) is 39.4 Å². The first-order valence-electron chi connectivity index (χ1n) is 23.7. The first-order valence-corrected chi connectivity index (χ1v) is 23.7. The molecule has 294 valence electrons. The average molecular weight is 733 g/mol. The van der Waals surface area contributed by atoms with E-state index >= 15 is 0 Å². The molecule has 6 aliphatic carbocycles. The van der Waals surface area contributed by atoms with Crippen LogP contribution in [0.1, 0.15) is 164 Å². The lowest BCUT2D eigenvalue weighted by Gasteiger charge is -2.59. The summed E-state index contributed by atoms with van der Waals surface area (Å²) in [6.07, 6.45) is 32.9. The fourth-order valence-electron chi connectivity index (χ4n) is 13.7. The van der Waals surface area contributed by atoms with Gasteiger partial charge < -0.3 is 9.47 Å². The average Bonchev–Trinajstić information content (AvgIpc) is 4.15. The number of likely N-dealkylation sites (tertiary alicyclic amines) is 2. The normalized spacial score (nSPS) is 33.0. The summed E-state index contributed by atoms with van der Waals surface area (Å²) in [5.74, 6) is 6.02. The molecule has 6 atom stereocenters. The molecule has 2 aromatic carbocycles. The highest BCUT2D eigenvalue weighted by atomic mass is 16.5. The molecule has 0 radical (unpaired) electrons. The standard InChI is InChI=1S/C50H72N2O2/c1(3-5-11-29-53-41-21-19-39-31-47-43-13-7-9-23-49(43,45(39)33-41)25-27-51(47)35-37-15-16-37)2-4-6-12-30-54-42-22-20-40-32-48-44-14-8-10-24-50(44,46(40)34-42)26-28-52(48)36-38-17-18-38/h19-22,33-34,37-38,43-44,47-48H,1-18,23-32,35-36H2/t43-,44-,47+,48+,49+,50+/m0/s1. The Bertz CT molecular complexity index is 1480. The van der Waals surface area contributed by atoms with Crippen LogP contribution in [0, 0.1) is 23.7 Å². The molecule has 8 aliphatic rings. The van der Waals surface area contributed by atoms with Crippen LogP contribution in [-0.2, 0) is 23.7 Å². The molecule has 0 spiro atoms. The lowest BCUT2D eigenvalue weighted by Crippen LogP contribution is -2.61. The Hall–Kier alpha value is -2.04. The van der Waals surface area contributed by atoms with E-state index in [9.17, 15) is 0 Å². The van der Waals surface area contributed by atoms with Crippen molar-refractivity contribution in [3.63, 3.8) is 0 Å². The van der Waals surface area contributed by atoms with Gasteiger partial charge in [-0.05, 0) is 173 Å². The third-order valence-corrected chi connectivity index (χ3v) is 16.8. The molecule has 0 aromatic heterocycles. The fourth-order valence-corrected chi connectivity index (χ4v) is 13.7. The van der Waals surface area contributed by atoms with Gasteiger partial charge in [-0.25, -0.2) is 0 Å². The molecule has 4 heteroatoms. The lowest BCUT2D eigenvalue weighted by molar-refractivity contribution is -0.0135. The monoisotopic (exact) mass is 733 g/mol. The van der Waals surface area contributed by atoms with Crippen LogP contribution in [0.2, 0.25) is 0 Å². The molecule has 4 nitrogen and oxygen atoms in total. The van der Waals surface area contributed by atoms with Crippen molar-refractivity contribution in [2.45, 2.75) is 177 Å². The second-order valence-electron chi connectivity index (χ2n) is 20.1. The van der Waals surface area contributed by atoms with Crippen molar-refractivity contribution in [1.29, 1.82) is 0 Å². The SMILES string of the molecule is c1cc2c(cc1OCCCCCCCCCCOc1ccc3c(c1)[C@@]14CCCC[C@H]1[C@@H](C3)N(CC1CC1)CC4)[C@@]13CCCC[C@H]1[C@@H](C2)N(CC1CC1)CC3. The zero-order chi connectivity index (χ0) is 36.0. The third kappa shape index (κ3) is 7.20. The highest BCUT2D eigenvalue weighted by molar-refractivity contribution is 5.47. The topological polar surface area (TPSA) is 24.9 Å². The van der Waals surface area contributed by atoms with Crippen LogP contribution >= 0.6 is 0 Å². The third-order valence-electron chi connectivity index (χ3n) is 16.8. The quantitative estimate of drug-likeness (QED) is 0.151. The number of fused-ring (bicyclic) bond motifs is 2. The van der Waals surface area contributed by atoms with Gasteiger partial charge in [0.15, 0.2) is 0 Å². The molecule has 6 fully saturated rings. The molecule has 0 unspecified atom stereocenters. The van der Waals surface area contributed by atoms with Crippen molar-refractivity contribution in [3.05, 3.63) is 58.7 Å². The number of hydrogen-bond donors (Lipinski definition) is 0. The summed E-state index contributed by atoms with van der Waals surface area (Å²) in [6, 6.07) is 16.1. The molecular weight excluding hydrogens is 661 g/mol. The molecule has 0 N–H and O–H groups in total. The van der Waals surface area contributed by atoms with Gasteiger partial charge in [-0.1, -0.05) is 76.3 Å². The van der Waals surface area contributed by atoms with Crippen molar-refractivity contribution >= 4 is 0 Å². The van der Waals surface area contributed by atoms with Gasteiger partial charge in [-0.15, -0.1) is 0 Å². The number of nitrogens with zero attached hydrogens (tertiary/aromatic N) is 2. The predicted molar refractivity (Wildman–Crippen MR) is 221 cm³/mol. The molecule has 4 bridgehead atoms. The van der Waals surface area contributed by atoms with Crippen LogP contribution in [0.25, 0.3) is 0 Å². The van der Waals surface area contributed by atoms with Gasteiger partial charge in [0.1, 0.15) is 11.5 Å². The first kappa shape index (κ1) is 36.3. The second kappa shape index (κ2) is 15.7. The maximum Gasteiger partial charge on any atom is 0.119 e. The zero-order valence-electron chi connectivity index (χ0n) is 33.9. The number of ether oxygens (including phenoxy) is 2. The van der Waals surface area contributed by atoms with E-state index in [4.69, 9.17) is 9.47 Å². The van der Waals surface area contributed by atoms with Crippen molar-refractivity contribution in [2.24, 2.45) is 23.7 Å². The van der Waals surface area contributed by atoms with Crippen LogP contribution in [0.4, 0.5) is 0 Å². The van der Waals surface area contributed by atoms with Crippen LogP contribution in [-0.4, -0.2) is 61.3 Å². The van der Waals surface area contributed by atoms with Crippen molar-refractivity contribution in [1.82, 2.24) is 9.80 Å². The maximum absolute atomic E-state index is 6.45. The smallest absolute Gasteiger partial charge is 0.119 e. The Morgan fingerprint density at radius 1 is 0.500 bits per heavy atom. The van der Waals surface area contributed by atoms with E-state index in [1.165, 1.54) is 180 Å². The Morgan fingerprint density at radius 3 is 1.39 bits per heavy atom. The fraction of sp³-hybridized carbons (Fsp3) is 0.760. The van der Waals surface area contributed by atoms with E-state index in [-0.39, 0.29) is 0 Å². The molecule has 2 heterocycles. The van der Waals surface area contributed by atoms with Gasteiger partial charge in [0, 0.05) is 36.0 Å². The first-order chi connectivity index (χ1) is 26.7. The van der Waals surface area contributed by atoms with Crippen LogP contribution in [0.3, 0.4) is 0 Å². The van der Waals surface area contributed by atoms with Crippen molar-refractivity contribution in [3.8, 4) is 11.5 Å². The minimum absolute atomic E-state index is 0.429. The van der Waals surface area contributed by atoms with E-state index in [0.717, 1.165) is 60.5 Å². The Kier molecular flexibility index (Phi) is 10.6. The molecule has 2 aromatic rings. The van der Waals surface area contributed by atoms with Gasteiger partial charge in [-0.3, -0.25) is 9.80 Å². The largest absolute Gasteiger partial charge is 0.494 e. The summed E-state index contributed by atoms with van der Waals surface area (Å²) >= 11 is 0. The molecule has 2 saturated heterocycles. The molecular formula is C50H72N2O2. The van der Waals surface area contributed by atoms with Gasteiger partial charge in [-0.2, -0.15) is 0 Å². The van der Waals surface area contributed by atoms with Crippen LogP contribution in [0.5, 0.6) is 11.5 Å². The Morgan fingerprint density at radius 2 is 0.944 bits per heavy atom. The second-order valence-corrected chi connectivity index (χ2v) is 20.1. The number of hydrogen-bond acceptors (Lipinski definition) is 4. The summed E-state index contributed by atoms with van der Waals surface area (Å²) in [5.41, 5.74) is 7.53. The number of benzene rings is 2. The summed E-state index contributed by atoms with van der Waals surface area (Å²) < 4.78 is 12.9. The predicted octanol–water partition coefficient (Wildman–Crippen LogP) is 11.2. The molecule has 4 saturated carbocycles. The molecule has 10 rings (SSSR count). The van der Waals surface area contributed by atoms with Gasteiger partial charge in [0.25, 0.3) is 0 Å². The van der Waals surface area contributed by atoms with Crippen LogP contribution < -0.4 is 9.47 Å². The summed E-state index contributed by atoms with van der Waals surface area (Å²) in [7, 11) is 0. The summed E-state index contributed by atoms with van der Waals surface area (Å²) in [4.78, 5) is 5.86. The molecule has 54 heavy (non-hydrogen) atoms. The summed E-state index contributed by atoms with van der Waals surface area (Å²) in [6.45, 7) is 7.14. The summed E-state index contributed by atoms with van der Waals surface area (Å²) in [5, 5.41) is 0. The number of unbranched alkanes of at least 4 members (excludes halogenated alkanes) is 7. The van der Waals surface area contributed by atoms with Crippen molar-refractivity contribution < 1.29 is 9.47 Å². The number of piperidine rings is 2. The molecule has 2 aliphatic heterocycles.